The van der Waals surface area contributed by atoms with Gasteiger partial charge >= 0.3 is 0 Å². The van der Waals surface area contributed by atoms with Gasteiger partial charge in [0.2, 0.25) is 0 Å². The largest absolute Gasteiger partial charge is 0.435 e. The van der Waals surface area contributed by atoms with E-state index in [0.29, 0.717) is 18.7 Å². The first-order valence-electron chi connectivity index (χ1n) is 12.1. The van der Waals surface area contributed by atoms with E-state index in [2.05, 4.69) is 104 Å². The molecule has 1 heterocycles. The summed E-state index contributed by atoms with van der Waals surface area (Å²) >= 11 is 0. The summed E-state index contributed by atoms with van der Waals surface area (Å²) in [6.07, 6.45) is 7.64. The van der Waals surface area contributed by atoms with Gasteiger partial charge in [0, 0.05) is 23.3 Å². The first-order valence-corrected chi connectivity index (χ1v) is 12.1. The Kier molecular flexibility index (Phi) is 5.63. The van der Waals surface area contributed by atoms with Gasteiger partial charge in [-0.15, -0.1) is 0 Å². The first kappa shape index (κ1) is 21.0. The average molecular weight is 425 g/mol. The maximum absolute atomic E-state index is 6.61. The van der Waals surface area contributed by atoms with Crippen LogP contribution < -0.4 is 4.74 Å². The fourth-order valence-electron chi connectivity index (χ4n) is 5.79. The lowest BCUT2D eigenvalue weighted by atomic mass is 9.70. The molecule has 3 aromatic rings. The van der Waals surface area contributed by atoms with E-state index >= 15 is 0 Å². The van der Waals surface area contributed by atoms with E-state index in [1.165, 1.54) is 53.5 Å². The van der Waals surface area contributed by atoms with Crippen LogP contribution in [0.3, 0.4) is 0 Å². The van der Waals surface area contributed by atoms with E-state index in [9.17, 15) is 0 Å². The first-order chi connectivity index (χ1) is 15.6. The van der Waals surface area contributed by atoms with Crippen molar-refractivity contribution < 1.29 is 9.31 Å². The van der Waals surface area contributed by atoms with Gasteiger partial charge in [0.15, 0.2) is 12.3 Å². The second-order valence-electron chi connectivity index (χ2n) is 9.83. The summed E-state index contributed by atoms with van der Waals surface area (Å²) in [5, 5.41) is 0. The molecule has 2 unspecified atom stereocenters. The van der Waals surface area contributed by atoms with Crippen molar-refractivity contribution in [2.75, 3.05) is 6.73 Å². The van der Waals surface area contributed by atoms with Gasteiger partial charge in [0.1, 0.15) is 5.75 Å². The van der Waals surface area contributed by atoms with Crippen LogP contribution in [0.5, 0.6) is 5.75 Å². The van der Waals surface area contributed by atoms with Gasteiger partial charge in [-0.1, -0.05) is 80.1 Å². The van der Waals surface area contributed by atoms with Gasteiger partial charge in [0.05, 0.1) is 5.56 Å². The second-order valence-corrected chi connectivity index (χ2v) is 9.83. The molecule has 1 aliphatic carbocycles. The summed E-state index contributed by atoms with van der Waals surface area (Å²) in [6.45, 7) is 7.58. The van der Waals surface area contributed by atoms with Crippen molar-refractivity contribution in [2.24, 2.45) is 5.92 Å². The fraction of sp³-hybridized carbons (Fsp3) is 0.367. The molecule has 3 aromatic carbocycles. The maximum atomic E-state index is 6.61. The van der Waals surface area contributed by atoms with Crippen molar-refractivity contribution in [1.29, 1.82) is 0 Å². The third kappa shape index (κ3) is 3.66. The Labute approximate surface area is 192 Å². The standard InChI is InChI=1S/C30H34NO/c1-22-18-24-20-31(28-17-11-10-12-23(28)2)21-32-29(24)27(19-22)30(3,25-13-6-4-7-14-25)26-15-8-5-9-16-26/h4-9,13-16,18-20,23,28H,10-12,17,21H2,1-3H3/q+1. The van der Waals surface area contributed by atoms with Crippen molar-refractivity contribution in [2.45, 2.75) is 57.9 Å². The molecule has 0 N–H and O–H groups in total. The van der Waals surface area contributed by atoms with E-state index in [0.717, 1.165) is 5.75 Å². The number of rotatable bonds is 4. The number of hydrogen-bond acceptors (Lipinski definition) is 1. The van der Waals surface area contributed by atoms with Crippen LogP contribution in [0, 0.1) is 12.8 Å². The van der Waals surface area contributed by atoms with Crippen LogP contribution in [-0.2, 0) is 5.41 Å². The molecule has 1 aliphatic heterocycles. The number of fused-ring (bicyclic) bond motifs is 1. The molecule has 2 heteroatoms. The normalized spacial score (nSPS) is 20.8. The fourth-order valence-corrected chi connectivity index (χ4v) is 5.79. The topological polar surface area (TPSA) is 12.2 Å². The van der Waals surface area contributed by atoms with Crippen LogP contribution in [0.2, 0.25) is 0 Å². The Bertz CT molecular complexity index is 1080. The summed E-state index contributed by atoms with van der Waals surface area (Å²) in [6, 6.07) is 26.9. The lowest BCUT2D eigenvalue weighted by Gasteiger charge is -2.35. The van der Waals surface area contributed by atoms with Crippen LogP contribution in [0.4, 0.5) is 0 Å². The van der Waals surface area contributed by atoms with E-state index < -0.39 is 0 Å². The van der Waals surface area contributed by atoms with Gasteiger partial charge in [-0.2, -0.15) is 4.58 Å². The van der Waals surface area contributed by atoms with Crippen LogP contribution >= 0.6 is 0 Å². The van der Waals surface area contributed by atoms with E-state index in [1.807, 2.05) is 0 Å². The SMILES string of the molecule is Cc1cc2c(c(C(C)(c3ccccc3)c3ccccc3)c1)OC[N+](C1CCCCC1C)=C2. The molecular formula is C30H34NO+. The molecular weight excluding hydrogens is 390 g/mol. The summed E-state index contributed by atoms with van der Waals surface area (Å²) < 4.78 is 9.06. The number of hydrogen-bond donors (Lipinski definition) is 0. The Hall–Kier alpha value is -2.87. The van der Waals surface area contributed by atoms with Crippen LogP contribution in [-0.4, -0.2) is 23.6 Å². The molecule has 0 aromatic heterocycles. The van der Waals surface area contributed by atoms with Crippen molar-refractivity contribution in [3.63, 3.8) is 0 Å². The quantitative estimate of drug-likeness (QED) is 0.335. The van der Waals surface area contributed by atoms with Crippen LogP contribution in [0.25, 0.3) is 0 Å². The molecule has 164 valence electrons. The van der Waals surface area contributed by atoms with Gasteiger partial charge in [-0.25, -0.2) is 0 Å². The highest BCUT2D eigenvalue weighted by atomic mass is 16.5. The minimum atomic E-state index is -0.299. The number of benzene rings is 3. The van der Waals surface area contributed by atoms with Crippen molar-refractivity contribution in [3.8, 4) is 5.75 Å². The molecule has 2 atom stereocenters. The maximum Gasteiger partial charge on any atom is 0.287 e. The Morgan fingerprint density at radius 2 is 1.50 bits per heavy atom. The second kappa shape index (κ2) is 8.58. The van der Waals surface area contributed by atoms with Crippen molar-refractivity contribution in [1.82, 2.24) is 0 Å². The molecule has 32 heavy (non-hydrogen) atoms. The van der Waals surface area contributed by atoms with Gasteiger partial charge in [-0.05, 0) is 49.4 Å². The minimum Gasteiger partial charge on any atom is -0.435 e. The minimum absolute atomic E-state index is 0.299. The molecule has 0 bridgehead atoms. The van der Waals surface area contributed by atoms with E-state index in [4.69, 9.17) is 4.74 Å². The lowest BCUT2D eigenvalue weighted by Crippen LogP contribution is -2.40. The zero-order valence-electron chi connectivity index (χ0n) is 19.6. The molecule has 2 aliphatic rings. The highest BCUT2D eigenvalue weighted by Gasteiger charge is 2.38. The predicted octanol–water partition coefficient (Wildman–Crippen LogP) is 6.71. The summed E-state index contributed by atoms with van der Waals surface area (Å²) in [5.41, 5.74) is 6.00. The highest BCUT2D eigenvalue weighted by molar-refractivity contribution is 5.83. The lowest BCUT2D eigenvalue weighted by molar-refractivity contribution is -0.601. The smallest absolute Gasteiger partial charge is 0.287 e. The zero-order valence-corrected chi connectivity index (χ0v) is 19.6. The monoisotopic (exact) mass is 424 g/mol. The van der Waals surface area contributed by atoms with Crippen LogP contribution in [0.15, 0.2) is 72.8 Å². The number of ether oxygens (including phenoxy) is 1. The average Bonchev–Trinajstić information content (AvgIpc) is 2.84. The van der Waals surface area contributed by atoms with Crippen molar-refractivity contribution >= 4 is 6.21 Å². The molecule has 1 saturated carbocycles. The molecule has 5 rings (SSSR count). The molecule has 2 nitrogen and oxygen atoms in total. The Morgan fingerprint density at radius 3 is 2.12 bits per heavy atom. The Morgan fingerprint density at radius 1 is 0.875 bits per heavy atom. The Balaban J connectivity index is 1.67. The van der Waals surface area contributed by atoms with E-state index in [1.54, 1.807) is 0 Å². The third-order valence-corrected chi connectivity index (χ3v) is 7.66. The van der Waals surface area contributed by atoms with Gasteiger partial charge < -0.3 is 4.74 Å². The number of nitrogens with zero attached hydrogens (tertiary/aromatic N) is 1. The molecule has 0 radical (unpaired) electrons. The summed E-state index contributed by atoms with van der Waals surface area (Å²) in [5.74, 6) is 1.75. The van der Waals surface area contributed by atoms with Gasteiger partial charge in [0.25, 0.3) is 6.73 Å². The number of aryl methyl sites for hydroxylation is 1. The summed E-state index contributed by atoms with van der Waals surface area (Å²) in [4.78, 5) is 0. The van der Waals surface area contributed by atoms with Crippen molar-refractivity contribution in [3.05, 3.63) is 101 Å². The predicted molar refractivity (Wildman–Crippen MR) is 132 cm³/mol. The van der Waals surface area contributed by atoms with Gasteiger partial charge in [-0.3, -0.25) is 0 Å². The summed E-state index contributed by atoms with van der Waals surface area (Å²) in [7, 11) is 0. The third-order valence-electron chi connectivity index (χ3n) is 7.66. The highest BCUT2D eigenvalue weighted by Crippen LogP contribution is 2.45. The zero-order chi connectivity index (χ0) is 22.1. The molecule has 1 fully saturated rings. The van der Waals surface area contributed by atoms with Crippen LogP contribution in [0.1, 0.15) is 67.3 Å². The molecule has 0 amide bonds. The van der Waals surface area contributed by atoms with E-state index in [-0.39, 0.29) is 5.41 Å². The molecule has 0 saturated heterocycles. The molecule has 0 spiro atoms.